The van der Waals surface area contributed by atoms with Gasteiger partial charge in [0, 0.05) is 34.8 Å². The Morgan fingerprint density at radius 1 is 1.03 bits per heavy atom. The van der Waals surface area contributed by atoms with Crippen molar-refractivity contribution in [2.24, 2.45) is 0 Å². The smallest absolute Gasteiger partial charge is 0.243 e. The highest BCUT2D eigenvalue weighted by Crippen LogP contribution is 2.24. The average molecular weight is 538 g/mol. The molecule has 3 rings (SSSR count). The summed E-state index contributed by atoms with van der Waals surface area (Å²) in [6.45, 7) is -0.317. The van der Waals surface area contributed by atoms with Crippen LogP contribution in [0, 0.1) is 0 Å². The van der Waals surface area contributed by atoms with Gasteiger partial charge in [-0.1, -0.05) is 45.7 Å². The van der Waals surface area contributed by atoms with Gasteiger partial charge in [-0.2, -0.15) is 4.31 Å². The lowest BCUT2D eigenvalue weighted by Gasteiger charge is -2.25. The van der Waals surface area contributed by atoms with Gasteiger partial charge in [-0.15, -0.1) is 0 Å². The molecule has 0 aliphatic rings. The Bertz CT molecular complexity index is 1190. The van der Waals surface area contributed by atoms with Crippen LogP contribution in [-0.2, 0) is 21.4 Å². The fraction of sp³-hybridized carbons (Fsp3) is 0.174. The molecule has 0 unspecified atom stereocenters. The van der Waals surface area contributed by atoms with Crippen LogP contribution in [0.5, 0.6) is 5.75 Å². The summed E-state index contributed by atoms with van der Waals surface area (Å²) in [4.78, 5) is 14.6. The molecule has 1 amide bonds. The summed E-state index contributed by atoms with van der Waals surface area (Å²) in [5.41, 5.74) is 1.31. The van der Waals surface area contributed by atoms with Gasteiger partial charge >= 0.3 is 0 Å². The number of ether oxygens (including phenoxy) is 1. The van der Waals surface area contributed by atoms with Crippen LogP contribution in [-0.4, -0.2) is 39.3 Å². The van der Waals surface area contributed by atoms with Crippen LogP contribution in [0.3, 0.4) is 0 Å². The number of hydrogen-bond donors (Lipinski definition) is 0. The highest BCUT2D eigenvalue weighted by atomic mass is 79.9. The first-order chi connectivity index (χ1) is 15.2. The van der Waals surface area contributed by atoms with Crippen molar-refractivity contribution in [3.63, 3.8) is 0 Å². The van der Waals surface area contributed by atoms with Gasteiger partial charge in [-0.3, -0.25) is 4.79 Å². The van der Waals surface area contributed by atoms with E-state index >= 15 is 0 Å². The third-order valence-corrected chi connectivity index (χ3v) is 7.44. The Balaban J connectivity index is 1.91. The first-order valence-electron chi connectivity index (χ1n) is 9.61. The quantitative estimate of drug-likeness (QED) is 0.407. The third kappa shape index (κ3) is 5.89. The number of nitrogens with zero attached hydrogens (tertiary/aromatic N) is 2. The minimum absolute atomic E-state index is 0.0211. The van der Waals surface area contributed by atoms with Crippen LogP contribution < -0.4 is 9.64 Å². The number of rotatable bonds is 8. The van der Waals surface area contributed by atoms with Crippen LogP contribution in [0.25, 0.3) is 0 Å². The van der Waals surface area contributed by atoms with Gasteiger partial charge in [0.15, 0.2) is 0 Å². The van der Waals surface area contributed by atoms with Crippen molar-refractivity contribution in [2.45, 2.75) is 11.4 Å². The molecule has 168 valence electrons. The molecule has 3 aromatic rings. The number of carbonyl (C=O) groups excluding carboxylic acids is 1. The maximum Gasteiger partial charge on any atom is 0.243 e. The van der Waals surface area contributed by atoms with Gasteiger partial charge in [0.2, 0.25) is 15.9 Å². The van der Waals surface area contributed by atoms with E-state index in [1.807, 2.05) is 0 Å². The Hall–Kier alpha value is -2.39. The van der Waals surface area contributed by atoms with Gasteiger partial charge < -0.3 is 9.64 Å². The molecule has 0 radical (unpaired) electrons. The van der Waals surface area contributed by atoms with Crippen LogP contribution in [0.1, 0.15) is 5.56 Å². The molecular weight excluding hydrogens is 516 g/mol. The lowest BCUT2D eigenvalue weighted by atomic mass is 10.2. The predicted molar refractivity (Wildman–Crippen MR) is 130 cm³/mol. The number of halogens is 2. The van der Waals surface area contributed by atoms with Crippen molar-refractivity contribution in [3.05, 3.63) is 87.9 Å². The molecule has 0 saturated carbocycles. The van der Waals surface area contributed by atoms with E-state index in [9.17, 15) is 13.2 Å². The Morgan fingerprint density at radius 3 is 2.31 bits per heavy atom. The summed E-state index contributed by atoms with van der Waals surface area (Å²) in [6.07, 6.45) is 0. The maximum atomic E-state index is 13.4. The normalized spacial score (nSPS) is 11.4. The van der Waals surface area contributed by atoms with E-state index in [-0.39, 0.29) is 23.9 Å². The molecule has 0 heterocycles. The van der Waals surface area contributed by atoms with Crippen LogP contribution in [0.2, 0.25) is 5.02 Å². The second-order valence-corrected chi connectivity index (χ2v) is 10.3. The van der Waals surface area contributed by atoms with Gasteiger partial charge in [-0.05, 0) is 54.1 Å². The van der Waals surface area contributed by atoms with E-state index in [2.05, 4.69) is 15.9 Å². The van der Waals surface area contributed by atoms with Crippen molar-refractivity contribution in [1.29, 1.82) is 0 Å². The third-order valence-electron chi connectivity index (χ3n) is 4.85. The fourth-order valence-electron chi connectivity index (χ4n) is 2.99. The van der Waals surface area contributed by atoms with Gasteiger partial charge in [0.1, 0.15) is 5.75 Å². The number of sulfonamides is 1. The molecule has 0 aromatic heterocycles. The summed E-state index contributed by atoms with van der Waals surface area (Å²) in [5, 5.41) is 0.546. The summed E-state index contributed by atoms with van der Waals surface area (Å²) in [7, 11) is -0.800. The predicted octanol–water partition coefficient (Wildman–Crippen LogP) is 4.97. The van der Waals surface area contributed by atoms with Crippen LogP contribution in [0.15, 0.2) is 82.2 Å². The van der Waals surface area contributed by atoms with Gasteiger partial charge in [0.25, 0.3) is 0 Å². The van der Waals surface area contributed by atoms with Crippen molar-refractivity contribution in [3.8, 4) is 5.75 Å². The standard InChI is InChI=1S/C23H22BrClN2O4S/c1-26(20-4-3-5-21(14-20)31-2)23(28)16-27(15-17-6-10-19(25)11-7-17)32(29,30)22-12-8-18(24)9-13-22/h3-14H,15-16H2,1-2H3. The molecule has 3 aromatic carbocycles. The molecule has 0 atom stereocenters. The van der Waals surface area contributed by atoms with Gasteiger partial charge in [-0.25, -0.2) is 8.42 Å². The van der Waals surface area contributed by atoms with E-state index in [0.717, 1.165) is 4.47 Å². The number of methoxy groups -OCH3 is 1. The van der Waals surface area contributed by atoms with Crippen LogP contribution >= 0.6 is 27.5 Å². The molecule has 0 N–H and O–H groups in total. The van der Waals surface area contributed by atoms with Crippen molar-refractivity contribution < 1.29 is 17.9 Å². The first kappa shape index (κ1) is 24.3. The fourth-order valence-corrected chi connectivity index (χ4v) is 4.76. The highest BCUT2D eigenvalue weighted by molar-refractivity contribution is 9.10. The molecule has 0 aliphatic carbocycles. The second-order valence-electron chi connectivity index (χ2n) is 7.01. The molecule has 9 heteroatoms. The lowest BCUT2D eigenvalue weighted by molar-refractivity contribution is -0.118. The van der Waals surface area contributed by atoms with Crippen LogP contribution in [0.4, 0.5) is 5.69 Å². The maximum absolute atomic E-state index is 13.4. The summed E-state index contributed by atoms with van der Waals surface area (Å²) < 4.78 is 33.9. The minimum Gasteiger partial charge on any atom is -0.497 e. The zero-order valence-corrected chi connectivity index (χ0v) is 20.7. The van der Waals surface area contributed by atoms with E-state index in [4.69, 9.17) is 16.3 Å². The van der Waals surface area contributed by atoms with E-state index in [1.165, 1.54) is 21.3 Å². The lowest BCUT2D eigenvalue weighted by Crippen LogP contribution is -2.41. The summed E-state index contributed by atoms with van der Waals surface area (Å²) >= 11 is 9.27. The minimum atomic E-state index is -3.94. The molecule has 0 saturated heterocycles. The molecule has 0 fully saturated rings. The molecule has 6 nitrogen and oxygen atoms in total. The van der Waals surface area contributed by atoms with Crippen molar-refractivity contribution >= 4 is 49.1 Å². The molecule has 0 aliphatic heterocycles. The van der Waals surface area contributed by atoms with E-state index in [0.29, 0.717) is 22.0 Å². The van der Waals surface area contributed by atoms with Gasteiger partial charge in [0.05, 0.1) is 18.6 Å². The largest absolute Gasteiger partial charge is 0.497 e. The SMILES string of the molecule is COc1cccc(N(C)C(=O)CN(Cc2ccc(Cl)cc2)S(=O)(=O)c2ccc(Br)cc2)c1. The average Bonchev–Trinajstić information content (AvgIpc) is 2.79. The topological polar surface area (TPSA) is 66.9 Å². The Kier molecular flexibility index (Phi) is 7.95. The molecule has 0 spiro atoms. The Labute approximate surface area is 201 Å². The molecule has 0 bridgehead atoms. The number of anilines is 1. The summed E-state index contributed by atoms with van der Waals surface area (Å²) in [5.74, 6) is 0.218. The molecular formula is C23H22BrClN2O4S. The zero-order chi connectivity index (χ0) is 23.3. The molecule has 32 heavy (non-hydrogen) atoms. The Morgan fingerprint density at radius 2 is 1.69 bits per heavy atom. The zero-order valence-electron chi connectivity index (χ0n) is 17.5. The number of likely N-dealkylation sites (N-methyl/N-ethyl adjacent to an activating group) is 1. The number of benzene rings is 3. The number of amides is 1. The number of hydrogen-bond acceptors (Lipinski definition) is 4. The monoisotopic (exact) mass is 536 g/mol. The second kappa shape index (κ2) is 10.5. The number of carbonyl (C=O) groups is 1. The van der Waals surface area contributed by atoms with E-state index in [1.54, 1.807) is 74.8 Å². The highest BCUT2D eigenvalue weighted by Gasteiger charge is 2.28. The van der Waals surface area contributed by atoms with Crippen molar-refractivity contribution in [1.82, 2.24) is 4.31 Å². The van der Waals surface area contributed by atoms with E-state index < -0.39 is 10.0 Å². The summed E-state index contributed by atoms with van der Waals surface area (Å²) in [6, 6.07) is 20.2. The first-order valence-corrected chi connectivity index (χ1v) is 12.2. The van der Waals surface area contributed by atoms with Crippen molar-refractivity contribution in [2.75, 3.05) is 25.6 Å².